The number of carboxylic acids is 1. The number of carbonyl (C=O) groups is 1. The molecule has 0 atom stereocenters. The summed E-state index contributed by atoms with van der Waals surface area (Å²) < 4.78 is 4.58. The van der Waals surface area contributed by atoms with E-state index < -0.39 is 5.97 Å². The van der Waals surface area contributed by atoms with Gasteiger partial charge >= 0.3 is 5.97 Å². The van der Waals surface area contributed by atoms with Gasteiger partial charge < -0.3 is 19.2 Å². The van der Waals surface area contributed by atoms with Crippen molar-refractivity contribution in [3.63, 3.8) is 0 Å². The van der Waals surface area contributed by atoms with Gasteiger partial charge in [0.1, 0.15) is 11.5 Å². The first kappa shape index (κ1) is 23.9. The van der Waals surface area contributed by atoms with Crippen molar-refractivity contribution in [1.29, 1.82) is 0 Å². The topological polar surface area (TPSA) is 106 Å². The average molecular weight is 508 g/mol. The van der Waals surface area contributed by atoms with Gasteiger partial charge in [0.25, 0.3) is 5.56 Å². The van der Waals surface area contributed by atoms with Crippen LogP contribution in [0.1, 0.15) is 38.8 Å². The van der Waals surface area contributed by atoms with Crippen molar-refractivity contribution in [3.8, 4) is 11.4 Å². The number of carboxylic acid groups (broad SMARTS) is 1. The highest BCUT2D eigenvalue weighted by Gasteiger charge is 2.17. The Morgan fingerprint density at radius 3 is 2.53 bits per heavy atom. The number of fused-ring (bicyclic) bond motifs is 5. The molecule has 0 aliphatic heterocycles. The summed E-state index contributed by atoms with van der Waals surface area (Å²) in [7, 11) is 0. The van der Waals surface area contributed by atoms with Crippen LogP contribution in [0.25, 0.3) is 55.3 Å². The molecule has 3 aromatic heterocycles. The fraction of sp³-hybridized carbons (Fsp3) is 0.267. The monoisotopic (exact) mass is 507 g/mol. The third-order valence-electron chi connectivity index (χ3n) is 7.29. The standard InChI is InChI=1S/C30H29N5O3/c1-3-5-14-35-27-17-23-22(33-30(38)21(31-23)11-13-28(36)37)16-24(27)32-29(35)18-10-12-26-20(15-18)19-8-6-7-9-25(19)34(26)4-2/h6-10,12,15-17H,3-5,11,13-14H2,1-2H3,(H,33,38)(H,36,37). The van der Waals surface area contributed by atoms with Crippen LogP contribution in [0, 0.1) is 0 Å². The first-order valence-electron chi connectivity index (χ1n) is 13.1. The highest BCUT2D eigenvalue weighted by Crippen LogP contribution is 2.34. The molecule has 192 valence electrons. The summed E-state index contributed by atoms with van der Waals surface area (Å²) in [6.45, 7) is 6.03. The largest absolute Gasteiger partial charge is 0.481 e. The molecule has 0 amide bonds. The molecule has 0 unspecified atom stereocenters. The maximum Gasteiger partial charge on any atom is 0.303 e. The van der Waals surface area contributed by atoms with Crippen LogP contribution in [0.15, 0.2) is 59.4 Å². The molecule has 0 saturated carbocycles. The second-order valence-corrected chi connectivity index (χ2v) is 9.70. The van der Waals surface area contributed by atoms with Crippen molar-refractivity contribution in [3.05, 3.63) is 70.6 Å². The predicted molar refractivity (Wildman–Crippen MR) is 151 cm³/mol. The summed E-state index contributed by atoms with van der Waals surface area (Å²) in [4.78, 5) is 36.0. The number of unbranched alkanes of at least 4 members (excludes halogenated alkanes) is 1. The van der Waals surface area contributed by atoms with E-state index in [1.807, 2.05) is 12.1 Å². The molecule has 8 nitrogen and oxygen atoms in total. The third-order valence-corrected chi connectivity index (χ3v) is 7.29. The van der Waals surface area contributed by atoms with Gasteiger partial charge in [-0.2, -0.15) is 0 Å². The van der Waals surface area contributed by atoms with Gasteiger partial charge in [0.15, 0.2) is 0 Å². The van der Waals surface area contributed by atoms with Gasteiger partial charge in [-0.3, -0.25) is 9.59 Å². The van der Waals surface area contributed by atoms with Gasteiger partial charge in [0, 0.05) is 46.9 Å². The number of H-pyrrole nitrogens is 1. The molecule has 0 aliphatic rings. The number of aromatic nitrogens is 5. The second-order valence-electron chi connectivity index (χ2n) is 9.70. The number of benzene rings is 3. The normalized spacial score (nSPS) is 11.8. The molecule has 3 aromatic carbocycles. The molecule has 8 heteroatoms. The molecule has 38 heavy (non-hydrogen) atoms. The van der Waals surface area contributed by atoms with Crippen molar-refractivity contribution < 1.29 is 9.90 Å². The smallest absolute Gasteiger partial charge is 0.303 e. The Morgan fingerprint density at radius 1 is 0.921 bits per heavy atom. The van der Waals surface area contributed by atoms with E-state index in [-0.39, 0.29) is 24.1 Å². The van der Waals surface area contributed by atoms with Crippen LogP contribution >= 0.6 is 0 Å². The minimum atomic E-state index is -0.955. The Hall–Kier alpha value is -4.46. The Morgan fingerprint density at radius 2 is 1.74 bits per heavy atom. The van der Waals surface area contributed by atoms with Gasteiger partial charge in [-0.15, -0.1) is 0 Å². The Bertz CT molecular complexity index is 1910. The fourth-order valence-corrected chi connectivity index (χ4v) is 5.43. The Labute approximate surface area is 218 Å². The van der Waals surface area contributed by atoms with E-state index in [0.717, 1.165) is 48.4 Å². The average Bonchev–Trinajstić information content (AvgIpc) is 3.43. The molecule has 0 saturated heterocycles. The van der Waals surface area contributed by atoms with E-state index in [1.54, 1.807) is 0 Å². The van der Waals surface area contributed by atoms with E-state index >= 15 is 0 Å². The molecular weight excluding hydrogens is 478 g/mol. The van der Waals surface area contributed by atoms with E-state index in [9.17, 15) is 9.59 Å². The number of aliphatic carboxylic acids is 1. The molecule has 2 N–H and O–H groups in total. The van der Waals surface area contributed by atoms with Gasteiger partial charge in [0.2, 0.25) is 0 Å². The molecular formula is C30H29N5O3. The van der Waals surface area contributed by atoms with Gasteiger partial charge in [0.05, 0.1) is 28.5 Å². The number of aryl methyl sites for hydroxylation is 3. The Balaban J connectivity index is 1.55. The molecule has 3 heterocycles. The minimum absolute atomic E-state index is 0.0877. The van der Waals surface area contributed by atoms with Crippen molar-refractivity contribution in [1.82, 2.24) is 24.1 Å². The van der Waals surface area contributed by atoms with Gasteiger partial charge in [-0.1, -0.05) is 31.5 Å². The summed E-state index contributed by atoms with van der Waals surface area (Å²) in [6, 6.07) is 18.9. The number of rotatable bonds is 8. The number of hydrogen-bond donors (Lipinski definition) is 2. The second kappa shape index (κ2) is 9.45. The number of nitrogens with one attached hydrogen (secondary N) is 1. The molecule has 0 radical (unpaired) electrons. The number of para-hydroxylation sites is 1. The predicted octanol–water partition coefficient (Wildman–Crippen LogP) is 5.88. The van der Waals surface area contributed by atoms with Crippen molar-refractivity contribution in [2.75, 3.05) is 0 Å². The van der Waals surface area contributed by atoms with Crippen LogP contribution in [-0.4, -0.2) is 35.2 Å². The fourth-order valence-electron chi connectivity index (χ4n) is 5.43. The lowest BCUT2D eigenvalue weighted by Crippen LogP contribution is -2.16. The molecule has 6 rings (SSSR count). The molecule has 0 fully saturated rings. The summed E-state index contributed by atoms with van der Waals surface area (Å²) in [5.41, 5.74) is 6.29. The lowest BCUT2D eigenvalue weighted by atomic mass is 10.1. The summed E-state index contributed by atoms with van der Waals surface area (Å²) in [6.07, 6.45) is 1.99. The van der Waals surface area contributed by atoms with Crippen molar-refractivity contribution in [2.45, 2.75) is 52.6 Å². The van der Waals surface area contributed by atoms with E-state index in [2.05, 4.69) is 75.4 Å². The number of imidazole rings is 1. The number of aromatic amines is 1. The van der Waals surface area contributed by atoms with Crippen molar-refractivity contribution in [2.24, 2.45) is 0 Å². The molecule has 0 bridgehead atoms. The minimum Gasteiger partial charge on any atom is -0.481 e. The van der Waals surface area contributed by atoms with Crippen LogP contribution in [-0.2, 0) is 24.3 Å². The number of nitrogens with zero attached hydrogens (tertiary/aromatic N) is 4. The lowest BCUT2D eigenvalue weighted by Gasteiger charge is -2.10. The van der Waals surface area contributed by atoms with Crippen LogP contribution in [0.2, 0.25) is 0 Å². The zero-order valence-electron chi connectivity index (χ0n) is 21.5. The first-order chi connectivity index (χ1) is 18.5. The van der Waals surface area contributed by atoms with Crippen LogP contribution in [0.4, 0.5) is 0 Å². The summed E-state index contributed by atoms with van der Waals surface area (Å²) in [5.74, 6) is -0.0736. The molecule has 0 aliphatic carbocycles. The SMILES string of the molecule is CCCCn1c(-c2ccc3c(c2)c2ccccc2n3CC)nc2cc3[nH]c(=O)c(CCC(=O)O)nc3cc21. The quantitative estimate of drug-likeness (QED) is 0.267. The maximum atomic E-state index is 12.5. The van der Waals surface area contributed by atoms with Gasteiger partial charge in [-0.05, 0) is 49.7 Å². The van der Waals surface area contributed by atoms with Gasteiger partial charge in [-0.25, -0.2) is 9.97 Å². The first-order valence-corrected chi connectivity index (χ1v) is 13.1. The molecule has 0 spiro atoms. The van der Waals surface area contributed by atoms with Crippen LogP contribution in [0.5, 0.6) is 0 Å². The van der Waals surface area contributed by atoms with E-state index in [4.69, 9.17) is 10.1 Å². The summed E-state index contributed by atoms with van der Waals surface area (Å²) >= 11 is 0. The van der Waals surface area contributed by atoms with E-state index in [1.165, 1.54) is 21.8 Å². The zero-order chi connectivity index (χ0) is 26.4. The zero-order valence-corrected chi connectivity index (χ0v) is 21.5. The summed E-state index contributed by atoms with van der Waals surface area (Å²) in [5, 5.41) is 11.5. The van der Waals surface area contributed by atoms with Crippen molar-refractivity contribution >= 4 is 49.8 Å². The third kappa shape index (κ3) is 3.93. The maximum absolute atomic E-state index is 12.5. The highest BCUT2D eigenvalue weighted by atomic mass is 16.4. The van der Waals surface area contributed by atoms with E-state index in [0.29, 0.717) is 11.0 Å². The van der Waals surface area contributed by atoms with Crippen LogP contribution in [0.3, 0.4) is 0 Å². The molecule has 6 aromatic rings. The van der Waals surface area contributed by atoms with Crippen LogP contribution < -0.4 is 5.56 Å². The Kier molecular flexibility index (Phi) is 5.94. The lowest BCUT2D eigenvalue weighted by molar-refractivity contribution is -0.136. The number of hydrogen-bond acceptors (Lipinski definition) is 4. The highest BCUT2D eigenvalue weighted by molar-refractivity contribution is 6.09.